The second-order valence-corrected chi connectivity index (χ2v) is 8.70. The Morgan fingerprint density at radius 2 is 1.88 bits per heavy atom. The molecule has 8 nitrogen and oxygen atoms in total. The molecule has 0 aliphatic heterocycles. The predicted octanol–water partition coefficient (Wildman–Crippen LogP) is 4.63. The summed E-state index contributed by atoms with van der Waals surface area (Å²) in [6, 6.07) is 15.0. The maximum absolute atomic E-state index is 13.3. The number of anilines is 1. The first-order chi connectivity index (χ1) is 16.5. The Morgan fingerprint density at radius 1 is 1.09 bits per heavy atom. The van der Waals surface area contributed by atoms with Crippen molar-refractivity contribution in [2.75, 3.05) is 31.8 Å². The van der Waals surface area contributed by atoms with Gasteiger partial charge in [-0.05, 0) is 51.1 Å². The lowest BCUT2D eigenvalue weighted by Gasteiger charge is -2.20. The number of thiazole rings is 1. The van der Waals surface area contributed by atoms with Crippen molar-refractivity contribution in [2.45, 2.75) is 27.3 Å². The number of aryl methyl sites for hydroxylation is 2. The summed E-state index contributed by atoms with van der Waals surface area (Å²) in [6.07, 6.45) is 0. The minimum absolute atomic E-state index is 0.126. The van der Waals surface area contributed by atoms with E-state index >= 15 is 0 Å². The Bertz CT molecular complexity index is 1280. The Kier molecular flexibility index (Phi) is 7.32. The van der Waals surface area contributed by atoms with Gasteiger partial charge in [-0.25, -0.2) is 4.98 Å². The number of hydrogen-bond acceptors (Lipinski definition) is 7. The van der Waals surface area contributed by atoms with Crippen molar-refractivity contribution in [3.05, 3.63) is 59.9 Å². The minimum atomic E-state index is -0.193. The molecule has 9 heteroatoms. The van der Waals surface area contributed by atoms with Crippen LogP contribution in [0.1, 0.15) is 18.3 Å². The number of rotatable bonds is 10. The number of carbonyl (C=O) groups excluding carboxylic acids is 1. The molecule has 2 aromatic heterocycles. The average Bonchev–Trinajstić information content (AvgIpc) is 3.41. The van der Waals surface area contributed by atoms with Gasteiger partial charge in [0.1, 0.15) is 22.8 Å². The fourth-order valence-corrected chi connectivity index (χ4v) is 4.66. The lowest BCUT2D eigenvalue weighted by atomic mass is 10.3. The third-order valence-electron chi connectivity index (χ3n) is 5.24. The molecule has 0 aliphatic rings. The molecule has 0 bridgehead atoms. The van der Waals surface area contributed by atoms with Gasteiger partial charge in [-0.1, -0.05) is 23.5 Å². The number of fused-ring (bicyclic) bond motifs is 1. The first kappa shape index (κ1) is 23.6. The molecule has 0 fully saturated rings. The van der Waals surface area contributed by atoms with E-state index in [1.54, 1.807) is 24.1 Å². The highest BCUT2D eigenvalue weighted by atomic mass is 32.1. The molecular formula is C25H28N4O4S. The van der Waals surface area contributed by atoms with Crippen molar-refractivity contribution in [3.8, 4) is 17.2 Å². The SMILES string of the molecule is CCOc1cccc2sc(N(CCn3nc(C)cc3C)C(=O)COc3cccc(OC)c3)nc12. The number of ether oxygens (including phenoxy) is 3. The zero-order valence-electron chi connectivity index (χ0n) is 19.8. The molecule has 2 aromatic carbocycles. The van der Waals surface area contributed by atoms with E-state index in [-0.39, 0.29) is 12.5 Å². The highest BCUT2D eigenvalue weighted by Crippen LogP contribution is 2.34. The second kappa shape index (κ2) is 10.6. The molecule has 0 N–H and O–H groups in total. The van der Waals surface area contributed by atoms with Crippen molar-refractivity contribution in [1.82, 2.24) is 14.8 Å². The number of methoxy groups -OCH3 is 1. The zero-order valence-corrected chi connectivity index (χ0v) is 20.6. The molecule has 0 radical (unpaired) electrons. The van der Waals surface area contributed by atoms with E-state index in [2.05, 4.69) is 5.10 Å². The fourth-order valence-electron chi connectivity index (χ4n) is 3.64. The molecule has 2 heterocycles. The molecule has 1 amide bonds. The highest BCUT2D eigenvalue weighted by Gasteiger charge is 2.22. The molecule has 0 atom stereocenters. The van der Waals surface area contributed by atoms with Gasteiger partial charge < -0.3 is 14.2 Å². The zero-order chi connectivity index (χ0) is 24.1. The van der Waals surface area contributed by atoms with Gasteiger partial charge in [0.15, 0.2) is 11.7 Å². The maximum atomic E-state index is 13.3. The Labute approximate surface area is 202 Å². The van der Waals surface area contributed by atoms with Crippen molar-refractivity contribution < 1.29 is 19.0 Å². The molecule has 0 spiro atoms. The maximum Gasteiger partial charge on any atom is 0.266 e. The molecule has 34 heavy (non-hydrogen) atoms. The van der Waals surface area contributed by atoms with Crippen LogP contribution in [0.4, 0.5) is 5.13 Å². The largest absolute Gasteiger partial charge is 0.497 e. The van der Waals surface area contributed by atoms with Crippen LogP contribution in [0.15, 0.2) is 48.5 Å². The van der Waals surface area contributed by atoms with Gasteiger partial charge in [-0.15, -0.1) is 0 Å². The number of para-hydroxylation sites is 1. The van der Waals surface area contributed by atoms with E-state index in [0.29, 0.717) is 42.1 Å². The molecule has 4 aromatic rings. The molecule has 0 saturated carbocycles. The van der Waals surface area contributed by atoms with Crippen LogP contribution in [-0.2, 0) is 11.3 Å². The first-order valence-corrected chi connectivity index (χ1v) is 11.9. The number of aromatic nitrogens is 3. The second-order valence-electron chi connectivity index (χ2n) is 7.70. The third kappa shape index (κ3) is 5.31. The lowest BCUT2D eigenvalue weighted by molar-refractivity contribution is -0.120. The van der Waals surface area contributed by atoms with Gasteiger partial charge in [0, 0.05) is 18.3 Å². The molecular weight excluding hydrogens is 452 g/mol. The summed E-state index contributed by atoms with van der Waals surface area (Å²) >= 11 is 1.45. The van der Waals surface area contributed by atoms with Crippen molar-refractivity contribution in [3.63, 3.8) is 0 Å². The molecule has 0 unspecified atom stereocenters. The van der Waals surface area contributed by atoms with E-state index in [0.717, 1.165) is 21.6 Å². The van der Waals surface area contributed by atoms with Crippen LogP contribution >= 0.6 is 11.3 Å². The number of benzene rings is 2. The third-order valence-corrected chi connectivity index (χ3v) is 6.29. The molecule has 4 rings (SSSR count). The summed E-state index contributed by atoms with van der Waals surface area (Å²) in [5, 5.41) is 5.13. The van der Waals surface area contributed by atoms with Crippen LogP contribution in [0, 0.1) is 13.8 Å². The fraction of sp³-hybridized carbons (Fsp3) is 0.320. The topological polar surface area (TPSA) is 78.7 Å². The monoisotopic (exact) mass is 480 g/mol. The summed E-state index contributed by atoms with van der Waals surface area (Å²) in [7, 11) is 1.59. The standard InChI is InChI=1S/C25H28N4O4S/c1-5-32-21-10-7-11-22-24(21)26-25(34-22)28(12-13-29-18(3)14-17(2)27-29)23(30)16-33-20-9-6-8-19(15-20)31-4/h6-11,14-15H,5,12-13,16H2,1-4H3. The number of hydrogen-bond donors (Lipinski definition) is 0. The summed E-state index contributed by atoms with van der Waals surface area (Å²) in [4.78, 5) is 19.8. The molecule has 178 valence electrons. The summed E-state index contributed by atoms with van der Waals surface area (Å²) in [5.74, 6) is 1.75. The smallest absolute Gasteiger partial charge is 0.266 e. The van der Waals surface area contributed by atoms with Gasteiger partial charge in [0.05, 0.1) is 30.7 Å². The quantitative estimate of drug-likeness (QED) is 0.329. The van der Waals surface area contributed by atoms with Crippen LogP contribution in [0.25, 0.3) is 10.2 Å². The van der Waals surface area contributed by atoms with Crippen molar-refractivity contribution in [2.24, 2.45) is 0 Å². The van der Waals surface area contributed by atoms with Gasteiger partial charge >= 0.3 is 0 Å². The van der Waals surface area contributed by atoms with Gasteiger partial charge in [0.2, 0.25) is 0 Å². The average molecular weight is 481 g/mol. The number of amides is 1. The first-order valence-electron chi connectivity index (χ1n) is 11.1. The van der Waals surface area contributed by atoms with Crippen LogP contribution < -0.4 is 19.1 Å². The van der Waals surface area contributed by atoms with E-state index in [4.69, 9.17) is 19.2 Å². The summed E-state index contributed by atoms with van der Waals surface area (Å²) in [5.41, 5.74) is 2.74. The van der Waals surface area contributed by atoms with E-state index in [9.17, 15) is 4.79 Å². The number of nitrogens with zero attached hydrogens (tertiary/aromatic N) is 4. The number of carbonyl (C=O) groups is 1. The van der Waals surface area contributed by atoms with Gasteiger partial charge in [0.25, 0.3) is 5.91 Å². The Balaban J connectivity index is 1.59. The lowest BCUT2D eigenvalue weighted by Crippen LogP contribution is -2.37. The summed E-state index contributed by atoms with van der Waals surface area (Å²) < 4.78 is 19.6. The Hall–Kier alpha value is -3.59. The van der Waals surface area contributed by atoms with Gasteiger partial charge in [-0.3, -0.25) is 14.4 Å². The van der Waals surface area contributed by atoms with Crippen LogP contribution in [0.5, 0.6) is 17.2 Å². The molecule has 0 saturated heterocycles. The van der Waals surface area contributed by atoms with Crippen molar-refractivity contribution in [1.29, 1.82) is 0 Å². The normalized spacial score (nSPS) is 10.9. The highest BCUT2D eigenvalue weighted by molar-refractivity contribution is 7.22. The van der Waals surface area contributed by atoms with Crippen LogP contribution in [0.2, 0.25) is 0 Å². The summed E-state index contributed by atoms with van der Waals surface area (Å²) in [6.45, 7) is 7.26. The van der Waals surface area contributed by atoms with E-state index in [1.165, 1.54) is 11.3 Å². The molecule has 0 aliphatic carbocycles. The van der Waals surface area contributed by atoms with E-state index in [1.807, 2.05) is 61.9 Å². The van der Waals surface area contributed by atoms with E-state index < -0.39 is 0 Å². The van der Waals surface area contributed by atoms with Gasteiger partial charge in [-0.2, -0.15) is 5.10 Å². The van der Waals surface area contributed by atoms with Crippen LogP contribution in [0.3, 0.4) is 0 Å². The van der Waals surface area contributed by atoms with Crippen LogP contribution in [-0.4, -0.2) is 47.5 Å². The van der Waals surface area contributed by atoms with Crippen molar-refractivity contribution >= 4 is 32.6 Å². The predicted molar refractivity (Wildman–Crippen MR) is 133 cm³/mol. The minimum Gasteiger partial charge on any atom is -0.497 e. The Morgan fingerprint density at radius 3 is 2.62 bits per heavy atom.